The quantitative estimate of drug-likeness (QED) is 0.815. The first-order valence-corrected chi connectivity index (χ1v) is 7.46. The van der Waals surface area contributed by atoms with Crippen LogP contribution in [0.4, 0.5) is 0 Å². The molecule has 0 aliphatic carbocycles. The summed E-state index contributed by atoms with van der Waals surface area (Å²) in [6, 6.07) is 13.7. The lowest BCUT2D eigenvalue weighted by molar-refractivity contribution is 0.199. The van der Waals surface area contributed by atoms with Crippen LogP contribution in [-0.4, -0.2) is 5.11 Å². The van der Waals surface area contributed by atoms with Crippen LogP contribution in [-0.2, 0) is 0 Å². The minimum atomic E-state index is -0.493. The van der Waals surface area contributed by atoms with E-state index >= 15 is 0 Å². The maximum Gasteiger partial charge on any atom is 0.0762 e. The fraction of sp³-hybridized carbons (Fsp3) is 0.143. The van der Waals surface area contributed by atoms with Gasteiger partial charge in [-0.25, -0.2) is 0 Å². The lowest BCUT2D eigenvalue weighted by atomic mass is 10.1. The van der Waals surface area contributed by atoms with Crippen LogP contribution in [0.5, 0.6) is 0 Å². The minimum absolute atomic E-state index is 0.493. The molecule has 0 fully saturated rings. The lowest BCUT2D eigenvalue weighted by Crippen LogP contribution is -1.90. The highest BCUT2D eigenvalue weighted by molar-refractivity contribution is 9.10. The molecule has 0 bridgehead atoms. The summed E-state index contributed by atoms with van der Waals surface area (Å²) in [5, 5.41) is 10.2. The van der Waals surface area contributed by atoms with Gasteiger partial charge in [0.2, 0.25) is 0 Å². The number of rotatable bonds is 3. The zero-order valence-corrected chi connectivity index (χ0v) is 12.9. The Bertz CT molecular complexity index is 557. The van der Waals surface area contributed by atoms with E-state index in [4.69, 9.17) is 11.6 Å². The summed E-state index contributed by atoms with van der Waals surface area (Å²) >= 11 is 11.3. The number of halogens is 2. The maximum atomic E-state index is 9.49. The number of benzene rings is 2. The van der Waals surface area contributed by atoms with Crippen molar-refractivity contribution in [3.8, 4) is 0 Å². The third-order valence-corrected chi connectivity index (χ3v) is 4.45. The second-order valence-electron chi connectivity index (χ2n) is 3.93. The van der Waals surface area contributed by atoms with Crippen molar-refractivity contribution in [2.45, 2.75) is 22.8 Å². The minimum Gasteiger partial charge on any atom is -0.389 e. The average Bonchev–Trinajstić information content (AvgIpc) is 2.31. The molecule has 0 heterocycles. The number of hydrogen-bond donors (Lipinski definition) is 1. The van der Waals surface area contributed by atoms with E-state index in [-0.39, 0.29) is 0 Å². The van der Waals surface area contributed by atoms with Gasteiger partial charge in [0.15, 0.2) is 0 Å². The maximum absolute atomic E-state index is 9.49. The van der Waals surface area contributed by atoms with Gasteiger partial charge in [-0.2, -0.15) is 0 Å². The van der Waals surface area contributed by atoms with Crippen molar-refractivity contribution < 1.29 is 5.11 Å². The van der Waals surface area contributed by atoms with Crippen LogP contribution >= 0.6 is 39.3 Å². The van der Waals surface area contributed by atoms with Gasteiger partial charge in [-0.05, 0) is 42.8 Å². The van der Waals surface area contributed by atoms with E-state index in [1.165, 1.54) is 0 Å². The summed E-state index contributed by atoms with van der Waals surface area (Å²) in [5.74, 6) is 0. The Balaban J connectivity index is 2.24. The molecule has 18 heavy (non-hydrogen) atoms. The van der Waals surface area contributed by atoms with Crippen molar-refractivity contribution in [1.82, 2.24) is 0 Å². The van der Waals surface area contributed by atoms with Crippen molar-refractivity contribution in [3.63, 3.8) is 0 Å². The highest BCUT2D eigenvalue weighted by Gasteiger charge is 2.07. The van der Waals surface area contributed by atoms with Crippen LogP contribution in [0.2, 0.25) is 5.02 Å². The average molecular weight is 344 g/mol. The molecule has 0 aliphatic rings. The van der Waals surface area contributed by atoms with E-state index in [0.29, 0.717) is 5.02 Å². The van der Waals surface area contributed by atoms with Crippen molar-refractivity contribution in [2.24, 2.45) is 0 Å². The van der Waals surface area contributed by atoms with Gasteiger partial charge >= 0.3 is 0 Å². The van der Waals surface area contributed by atoms with Crippen molar-refractivity contribution >= 4 is 39.3 Å². The third-order valence-electron chi connectivity index (χ3n) is 2.46. The second-order valence-corrected chi connectivity index (χ2v) is 6.36. The van der Waals surface area contributed by atoms with E-state index in [2.05, 4.69) is 15.9 Å². The summed E-state index contributed by atoms with van der Waals surface area (Å²) in [7, 11) is 0. The van der Waals surface area contributed by atoms with E-state index in [1.54, 1.807) is 18.7 Å². The molecule has 1 nitrogen and oxygen atoms in total. The molecule has 0 saturated carbocycles. The summed E-state index contributed by atoms with van der Waals surface area (Å²) in [5.41, 5.74) is 0.832. The molecule has 0 aliphatic heterocycles. The van der Waals surface area contributed by atoms with Gasteiger partial charge in [0.05, 0.1) is 11.1 Å². The Hall–Kier alpha value is -0.480. The summed E-state index contributed by atoms with van der Waals surface area (Å²) in [4.78, 5) is 2.11. The first kappa shape index (κ1) is 13.9. The van der Waals surface area contributed by atoms with Crippen LogP contribution in [0, 0.1) is 0 Å². The van der Waals surface area contributed by atoms with Crippen LogP contribution in [0.15, 0.2) is 56.7 Å². The van der Waals surface area contributed by atoms with Crippen molar-refractivity contribution in [3.05, 3.63) is 57.5 Å². The molecule has 0 aromatic heterocycles. The highest BCUT2D eigenvalue weighted by Crippen LogP contribution is 2.35. The number of hydrogen-bond acceptors (Lipinski definition) is 2. The van der Waals surface area contributed by atoms with E-state index in [0.717, 1.165) is 19.8 Å². The molecule has 0 unspecified atom stereocenters. The fourth-order valence-corrected chi connectivity index (χ4v) is 3.25. The monoisotopic (exact) mass is 342 g/mol. The molecule has 2 aromatic carbocycles. The summed E-state index contributed by atoms with van der Waals surface area (Å²) in [6.07, 6.45) is -0.493. The topological polar surface area (TPSA) is 20.2 Å². The van der Waals surface area contributed by atoms with Gasteiger partial charge in [0, 0.05) is 14.3 Å². The molecule has 1 atom stereocenters. The third kappa shape index (κ3) is 3.51. The highest BCUT2D eigenvalue weighted by atomic mass is 79.9. The molecule has 0 spiro atoms. The van der Waals surface area contributed by atoms with Crippen molar-refractivity contribution in [2.75, 3.05) is 0 Å². The molecule has 2 rings (SSSR count). The van der Waals surface area contributed by atoms with Crippen LogP contribution in [0.1, 0.15) is 18.6 Å². The Kier molecular flexibility index (Phi) is 4.73. The Morgan fingerprint density at radius 3 is 2.61 bits per heavy atom. The first-order chi connectivity index (χ1) is 8.56. The van der Waals surface area contributed by atoms with E-state index < -0.39 is 6.10 Å². The number of aliphatic hydroxyl groups is 1. The normalized spacial score (nSPS) is 12.4. The van der Waals surface area contributed by atoms with Gasteiger partial charge in [0.1, 0.15) is 0 Å². The molecule has 0 radical (unpaired) electrons. The molecule has 0 saturated heterocycles. The Labute approximate surface area is 124 Å². The Morgan fingerprint density at radius 1 is 1.22 bits per heavy atom. The standard InChI is InChI=1S/C14H12BrClOS/c1-9(17)10-5-6-14(13(16)7-10)18-12-4-2-3-11(15)8-12/h2-9,17H,1H3/t9-/m0/s1. The van der Waals surface area contributed by atoms with Gasteiger partial charge in [-0.3, -0.25) is 0 Å². The van der Waals surface area contributed by atoms with Crippen LogP contribution in [0.3, 0.4) is 0 Å². The molecule has 0 amide bonds. The number of aliphatic hydroxyl groups excluding tert-OH is 1. The van der Waals surface area contributed by atoms with E-state index in [1.807, 2.05) is 42.5 Å². The van der Waals surface area contributed by atoms with Crippen molar-refractivity contribution in [1.29, 1.82) is 0 Å². The molecular weight excluding hydrogens is 332 g/mol. The smallest absolute Gasteiger partial charge is 0.0762 e. The van der Waals surface area contributed by atoms with E-state index in [9.17, 15) is 5.11 Å². The zero-order valence-electron chi connectivity index (χ0n) is 9.73. The van der Waals surface area contributed by atoms with Gasteiger partial charge in [0.25, 0.3) is 0 Å². The van der Waals surface area contributed by atoms with Crippen LogP contribution < -0.4 is 0 Å². The second kappa shape index (κ2) is 6.11. The van der Waals surface area contributed by atoms with Gasteiger partial charge < -0.3 is 5.11 Å². The zero-order chi connectivity index (χ0) is 13.1. The Morgan fingerprint density at radius 2 is 2.00 bits per heavy atom. The molecule has 2 aromatic rings. The predicted octanol–water partition coefficient (Wildman–Crippen LogP) is 5.31. The lowest BCUT2D eigenvalue weighted by Gasteiger charge is -2.09. The SMILES string of the molecule is C[C@H](O)c1ccc(Sc2cccc(Br)c2)c(Cl)c1. The first-order valence-electron chi connectivity index (χ1n) is 5.47. The predicted molar refractivity (Wildman–Crippen MR) is 80.4 cm³/mol. The molecule has 94 valence electrons. The van der Waals surface area contributed by atoms with Crippen LogP contribution in [0.25, 0.3) is 0 Å². The summed E-state index contributed by atoms with van der Waals surface area (Å²) < 4.78 is 1.05. The molecule has 1 N–H and O–H groups in total. The summed E-state index contributed by atoms with van der Waals surface area (Å²) in [6.45, 7) is 1.73. The van der Waals surface area contributed by atoms with Gasteiger partial charge in [-0.15, -0.1) is 0 Å². The fourth-order valence-electron chi connectivity index (χ4n) is 1.52. The van der Waals surface area contributed by atoms with Gasteiger partial charge in [-0.1, -0.05) is 51.4 Å². The molecule has 4 heteroatoms. The molecular formula is C14H12BrClOS. The largest absolute Gasteiger partial charge is 0.389 e.